The van der Waals surface area contributed by atoms with Gasteiger partial charge in [-0.2, -0.15) is 5.10 Å². The molecule has 7 heteroatoms. The fourth-order valence-corrected chi connectivity index (χ4v) is 3.89. The predicted octanol–water partition coefficient (Wildman–Crippen LogP) is 2.30. The van der Waals surface area contributed by atoms with Crippen LogP contribution in [0.4, 0.5) is 0 Å². The first kappa shape index (κ1) is 16.7. The zero-order chi connectivity index (χ0) is 19.3. The lowest BCUT2D eigenvalue weighted by molar-refractivity contribution is 0.135. The highest BCUT2D eigenvalue weighted by atomic mass is 16.3. The maximum absolute atomic E-state index is 12.7. The largest absolute Gasteiger partial charge is 0.389 e. The summed E-state index contributed by atoms with van der Waals surface area (Å²) in [6.45, 7) is 0.545. The molecule has 0 amide bonds. The van der Waals surface area contributed by atoms with E-state index >= 15 is 0 Å². The van der Waals surface area contributed by atoms with E-state index in [0.717, 1.165) is 21.8 Å². The third kappa shape index (κ3) is 2.51. The second kappa shape index (κ2) is 6.31. The maximum atomic E-state index is 12.7. The number of fused-ring (bicyclic) bond motifs is 4. The van der Waals surface area contributed by atoms with Gasteiger partial charge in [0.15, 0.2) is 5.65 Å². The SMILES string of the molecule is Cn1ncc2c(=O)n(C[C@H](O)Cn3c4ccccc4c4ccccc43)cnc21. The lowest BCUT2D eigenvalue weighted by Gasteiger charge is -2.15. The summed E-state index contributed by atoms with van der Waals surface area (Å²) in [4.78, 5) is 17.0. The summed E-state index contributed by atoms with van der Waals surface area (Å²) >= 11 is 0. The van der Waals surface area contributed by atoms with E-state index in [2.05, 4.69) is 38.9 Å². The third-order valence-electron chi connectivity index (χ3n) is 5.20. The van der Waals surface area contributed by atoms with Crippen molar-refractivity contribution in [1.29, 1.82) is 0 Å². The van der Waals surface area contributed by atoms with Crippen molar-refractivity contribution in [3.8, 4) is 0 Å². The Morgan fingerprint density at radius 1 is 0.964 bits per heavy atom. The molecule has 0 unspecified atom stereocenters. The molecule has 5 aromatic rings. The Morgan fingerprint density at radius 2 is 1.61 bits per heavy atom. The van der Waals surface area contributed by atoms with Gasteiger partial charge in [-0.1, -0.05) is 36.4 Å². The smallest absolute Gasteiger partial charge is 0.264 e. The quantitative estimate of drug-likeness (QED) is 0.524. The molecule has 0 aliphatic carbocycles. The summed E-state index contributed by atoms with van der Waals surface area (Å²) in [7, 11) is 1.75. The molecule has 0 spiro atoms. The van der Waals surface area contributed by atoms with Crippen LogP contribution in [0.25, 0.3) is 32.8 Å². The van der Waals surface area contributed by atoms with Gasteiger partial charge in [0.2, 0.25) is 0 Å². The van der Waals surface area contributed by atoms with Crippen LogP contribution in [-0.2, 0) is 20.1 Å². The summed E-state index contributed by atoms with van der Waals surface area (Å²) in [6.07, 6.45) is 2.25. The van der Waals surface area contributed by atoms with Crippen LogP contribution in [0.3, 0.4) is 0 Å². The fraction of sp³-hybridized carbons (Fsp3) is 0.190. The molecule has 3 aromatic heterocycles. The Bertz CT molecular complexity index is 1330. The van der Waals surface area contributed by atoms with Crippen LogP contribution in [0, 0.1) is 0 Å². The zero-order valence-corrected chi connectivity index (χ0v) is 15.4. The number of aliphatic hydroxyl groups excluding tert-OH is 1. The number of nitrogens with zero attached hydrogens (tertiary/aromatic N) is 5. The molecular formula is C21H19N5O2. The Balaban J connectivity index is 1.51. The van der Waals surface area contributed by atoms with E-state index in [4.69, 9.17) is 0 Å². The highest BCUT2D eigenvalue weighted by Gasteiger charge is 2.15. The number of hydrogen-bond donors (Lipinski definition) is 1. The Labute approximate surface area is 160 Å². The van der Waals surface area contributed by atoms with E-state index in [1.165, 1.54) is 17.1 Å². The van der Waals surface area contributed by atoms with Gasteiger partial charge in [-0.15, -0.1) is 0 Å². The zero-order valence-electron chi connectivity index (χ0n) is 15.4. The highest BCUT2D eigenvalue weighted by molar-refractivity contribution is 6.07. The molecule has 1 N–H and O–H groups in total. The van der Waals surface area contributed by atoms with Gasteiger partial charge in [-0.25, -0.2) is 4.98 Å². The van der Waals surface area contributed by atoms with Crippen LogP contribution in [0.2, 0.25) is 0 Å². The van der Waals surface area contributed by atoms with Gasteiger partial charge < -0.3 is 9.67 Å². The van der Waals surface area contributed by atoms with Crippen LogP contribution in [-0.4, -0.2) is 35.1 Å². The van der Waals surface area contributed by atoms with E-state index in [1.54, 1.807) is 11.7 Å². The number of hydrogen-bond acceptors (Lipinski definition) is 4. The van der Waals surface area contributed by atoms with Gasteiger partial charge in [-0.3, -0.25) is 14.0 Å². The van der Waals surface area contributed by atoms with Crippen molar-refractivity contribution in [2.24, 2.45) is 7.05 Å². The van der Waals surface area contributed by atoms with Crippen molar-refractivity contribution in [2.75, 3.05) is 0 Å². The molecule has 140 valence electrons. The van der Waals surface area contributed by atoms with Crippen LogP contribution < -0.4 is 5.56 Å². The summed E-state index contributed by atoms with van der Waals surface area (Å²) in [5.41, 5.74) is 2.48. The Morgan fingerprint density at radius 3 is 2.29 bits per heavy atom. The van der Waals surface area contributed by atoms with Gasteiger partial charge in [0.05, 0.1) is 25.4 Å². The van der Waals surface area contributed by atoms with E-state index in [0.29, 0.717) is 17.6 Å². The molecule has 2 aromatic carbocycles. The van der Waals surface area contributed by atoms with Crippen LogP contribution in [0.15, 0.2) is 65.8 Å². The van der Waals surface area contributed by atoms with Crippen LogP contribution in [0.5, 0.6) is 0 Å². The normalized spacial score (nSPS) is 12.9. The fourth-order valence-electron chi connectivity index (χ4n) is 3.89. The maximum Gasteiger partial charge on any atom is 0.264 e. The lowest BCUT2D eigenvalue weighted by Crippen LogP contribution is -2.29. The Hall–Kier alpha value is -3.45. The van der Waals surface area contributed by atoms with Crippen molar-refractivity contribution >= 4 is 32.8 Å². The number of aliphatic hydroxyl groups is 1. The molecule has 3 heterocycles. The first-order chi connectivity index (χ1) is 13.6. The Kier molecular flexibility index (Phi) is 3.77. The number of para-hydroxylation sites is 2. The van der Waals surface area contributed by atoms with E-state index in [-0.39, 0.29) is 12.1 Å². The van der Waals surface area contributed by atoms with E-state index < -0.39 is 6.10 Å². The van der Waals surface area contributed by atoms with Crippen molar-refractivity contribution in [3.05, 3.63) is 71.4 Å². The molecule has 0 fully saturated rings. The van der Waals surface area contributed by atoms with E-state index in [1.807, 2.05) is 24.3 Å². The van der Waals surface area contributed by atoms with Crippen molar-refractivity contribution in [3.63, 3.8) is 0 Å². The van der Waals surface area contributed by atoms with Crippen molar-refractivity contribution in [1.82, 2.24) is 23.9 Å². The van der Waals surface area contributed by atoms with Gasteiger partial charge in [-0.05, 0) is 12.1 Å². The lowest BCUT2D eigenvalue weighted by atomic mass is 10.2. The van der Waals surface area contributed by atoms with Gasteiger partial charge in [0.1, 0.15) is 11.7 Å². The summed E-state index contributed by atoms with van der Waals surface area (Å²) in [6, 6.07) is 16.3. The first-order valence-electron chi connectivity index (χ1n) is 9.14. The minimum atomic E-state index is -0.743. The van der Waals surface area contributed by atoms with E-state index in [9.17, 15) is 9.90 Å². The van der Waals surface area contributed by atoms with Crippen molar-refractivity contribution < 1.29 is 5.11 Å². The molecule has 0 saturated carbocycles. The number of aryl methyl sites for hydroxylation is 1. The van der Waals surface area contributed by atoms with Crippen molar-refractivity contribution in [2.45, 2.75) is 19.2 Å². The highest BCUT2D eigenvalue weighted by Crippen LogP contribution is 2.28. The average molecular weight is 373 g/mol. The average Bonchev–Trinajstić information content (AvgIpc) is 3.24. The van der Waals surface area contributed by atoms with Gasteiger partial charge in [0.25, 0.3) is 5.56 Å². The van der Waals surface area contributed by atoms with Crippen LogP contribution in [0.1, 0.15) is 0 Å². The molecule has 7 nitrogen and oxygen atoms in total. The molecule has 28 heavy (non-hydrogen) atoms. The molecule has 0 radical (unpaired) electrons. The minimum absolute atomic E-state index is 0.164. The minimum Gasteiger partial charge on any atom is -0.389 e. The van der Waals surface area contributed by atoms with Crippen LogP contribution >= 0.6 is 0 Å². The molecule has 1 atom stereocenters. The molecular weight excluding hydrogens is 354 g/mol. The van der Waals surface area contributed by atoms with Gasteiger partial charge in [0, 0.05) is 28.9 Å². The summed E-state index contributed by atoms with van der Waals surface area (Å²) in [5.74, 6) is 0. The molecule has 0 aliphatic rings. The monoisotopic (exact) mass is 373 g/mol. The number of rotatable bonds is 4. The number of aromatic nitrogens is 5. The summed E-state index contributed by atoms with van der Waals surface area (Å²) < 4.78 is 5.12. The molecule has 5 rings (SSSR count). The molecule has 0 aliphatic heterocycles. The standard InChI is InChI=1S/C21H19N5O2/c1-24-20-17(10-23-24)21(28)25(13-22-20)11-14(27)12-26-18-8-4-2-6-15(18)16-7-3-5-9-19(16)26/h2-10,13-14,27H,11-12H2,1H3/t14-/m0/s1. The summed E-state index contributed by atoms with van der Waals surface area (Å²) in [5, 5.41) is 17.6. The predicted molar refractivity (Wildman–Crippen MR) is 108 cm³/mol. The molecule has 0 saturated heterocycles. The second-order valence-electron chi connectivity index (χ2n) is 7.01. The first-order valence-corrected chi connectivity index (χ1v) is 9.14. The second-order valence-corrected chi connectivity index (χ2v) is 7.01. The topological polar surface area (TPSA) is 77.9 Å². The number of benzene rings is 2. The third-order valence-corrected chi connectivity index (χ3v) is 5.20. The molecule has 0 bridgehead atoms. The van der Waals surface area contributed by atoms with Gasteiger partial charge >= 0.3 is 0 Å².